The number of amides is 1. The van der Waals surface area contributed by atoms with Crippen molar-refractivity contribution in [3.8, 4) is 11.5 Å². The number of carbonyl (C=O) groups excluding carboxylic acids is 1. The fourth-order valence-corrected chi connectivity index (χ4v) is 5.14. The summed E-state index contributed by atoms with van der Waals surface area (Å²) in [7, 11) is 0. The summed E-state index contributed by atoms with van der Waals surface area (Å²) in [6, 6.07) is 14.5. The Bertz CT molecular complexity index is 1570. The third-order valence-electron chi connectivity index (χ3n) is 7.51. The van der Waals surface area contributed by atoms with Crippen LogP contribution in [-0.4, -0.2) is 52.9 Å². The maximum Gasteiger partial charge on any atom is 0.405 e. The van der Waals surface area contributed by atoms with Crippen molar-refractivity contribution in [2.75, 3.05) is 36.5 Å². The number of ether oxygens (including phenoxy) is 2. The Morgan fingerprint density at radius 3 is 2.60 bits per heavy atom. The van der Waals surface area contributed by atoms with Crippen molar-refractivity contribution in [2.45, 2.75) is 31.3 Å². The number of hydrogen-bond donors (Lipinski definition) is 2. The highest BCUT2D eigenvalue weighted by Gasteiger charge is 2.33. The first-order valence-corrected chi connectivity index (χ1v) is 13.0. The minimum Gasteiger partial charge on any atom is -0.447 e. The van der Waals surface area contributed by atoms with Gasteiger partial charge in [-0.3, -0.25) is 10.1 Å². The van der Waals surface area contributed by atoms with E-state index in [1.807, 2.05) is 31.2 Å². The van der Waals surface area contributed by atoms with Crippen LogP contribution >= 0.6 is 0 Å². The lowest BCUT2D eigenvalue weighted by molar-refractivity contribution is -0.383. The molecule has 3 N–H and O–H groups in total. The summed E-state index contributed by atoms with van der Waals surface area (Å²) in [6.07, 6.45) is 2.39. The van der Waals surface area contributed by atoms with Gasteiger partial charge in [0, 0.05) is 66.4 Å². The van der Waals surface area contributed by atoms with E-state index >= 15 is 0 Å². The maximum atomic E-state index is 11.5. The second-order valence-electron chi connectivity index (χ2n) is 10.3. The largest absolute Gasteiger partial charge is 0.447 e. The first-order chi connectivity index (χ1) is 19.3. The molecule has 0 saturated carbocycles. The first-order valence-electron chi connectivity index (χ1n) is 13.0. The highest BCUT2D eigenvalue weighted by molar-refractivity contribution is 5.89. The third kappa shape index (κ3) is 5.00. The highest BCUT2D eigenvalue weighted by Crippen LogP contribution is 2.38. The van der Waals surface area contributed by atoms with Gasteiger partial charge in [-0.1, -0.05) is 12.1 Å². The van der Waals surface area contributed by atoms with Gasteiger partial charge in [0.25, 0.3) is 0 Å². The molecule has 12 nitrogen and oxygen atoms in total. The number of aromatic nitrogens is 2. The van der Waals surface area contributed by atoms with Gasteiger partial charge in [0.2, 0.25) is 11.5 Å². The second kappa shape index (κ2) is 10.1. The molecule has 2 aromatic heterocycles. The Morgan fingerprint density at radius 1 is 1.20 bits per heavy atom. The number of fused-ring (bicyclic) bond motifs is 1. The minimum atomic E-state index is -0.743. The van der Waals surface area contributed by atoms with Gasteiger partial charge in [0.15, 0.2) is 5.76 Å². The zero-order valence-corrected chi connectivity index (χ0v) is 21.8. The van der Waals surface area contributed by atoms with Crippen molar-refractivity contribution in [2.24, 2.45) is 5.73 Å². The van der Waals surface area contributed by atoms with E-state index in [1.165, 1.54) is 6.07 Å². The number of hydrogen-bond acceptors (Lipinski definition) is 10. The molecule has 4 heterocycles. The monoisotopic (exact) mass is 544 g/mol. The zero-order valence-electron chi connectivity index (χ0n) is 21.8. The van der Waals surface area contributed by atoms with Gasteiger partial charge < -0.3 is 29.8 Å². The molecular formula is C28H28N6O6. The SMILES string of the molecule is CC1(OC(N)=O)CCN(c2ccc(Nc3ncc(C4COC4)c(-c4cc5cccc([N+](=O)[O-])c5o4)n3)cc2)CC1. The predicted molar refractivity (Wildman–Crippen MR) is 148 cm³/mol. The van der Waals surface area contributed by atoms with E-state index in [-0.39, 0.29) is 17.2 Å². The molecule has 0 atom stereocenters. The van der Waals surface area contributed by atoms with E-state index < -0.39 is 16.6 Å². The molecule has 4 aromatic rings. The van der Waals surface area contributed by atoms with Crippen LogP contribution in [0, 0.1) is 10.1 Å². The number of para-hydroxylation sites is 1. The number of carbonyl (C=O) groups is 1. The van der Waals surface area contributed by atoms with E-state index in [4.69, 9.17) is 24.6 Å². The van der Waals surface area contributed by atoms with Crippen molar-refractivity contribution in [3.05, 3.63) is 70.4 Å². The van der Waals surface area contributed by atoms with Crippen molar-refractivity contribution >= 4 is 40.1 Å². The van der Waals surface area contributed by atoms with Crippen LogP contribution in [0.15, 0.2) is 59.1 Å². The number of nitrogens with one attached hydrogen (secondary N) is 1. The molecule has 0 aliphatic carbocycles. The van der Waals surface area contributed by atoms with Crippen LogP contribution in [0.4, 0.5) is 27.8 Å². The van der Waals surface area contributed by atoms with E-state index in [0.29, 0.717) is 48.8 Å². The molecule has 1 amide bonds. The lowest BCUT2D eigenvalue weighted by atomic mass is 9.93. The summed E-state index contributed by atoms with van der Waals surface area (Å²) in [4.78, 5) is 33.8. The molecule has 0 unspecified atom stereocenters. The van der Waals surface area contributed by atoms with Crippen LogP contribution in [0.25, 0.3) is 22.4 Å². The zero-order chi connectivity index (χ0) is 27.9. The molecule has 2 aliphatic rings. The number of nitrogens with zero attached hydrogens (tertiary/aromatic N) is 4. The lowest BCUT2D eigenvalue weighted by Crippen LogP contribution is -2.46. The molecule has 206 valence electrons. The fourth-order valence-electron chi connectivity index (χ4n) is 5.14. The topological polar surface area (TPSA) is 159 Å². The molecule has 12 heteroatoms. The molecule has 0 radical (unpaired) electrons. The summed E-state index contributed by atoms with van der Waals surface area (Å²) in [6.45, 7) is 4.49. The van der Waals surface area contributed by atoms with Gasteiger partial charge in [0.1, 0.15) is 11.3 Å². The number of primary amides is 1. The first kappa shape index (κ1) is 25.6. The molecule has 2 aliphatic heterocycles. The number of furan rings is 1. The second-order valence-corrected chi connectivity index (χ2v) is 10.3. The van der Waals surface area contributed by atoms with Crippen LogP contribution in [0.5, 0.6) is 0 Å². The van der Waals surface area contributed by atoms with Crippen LogP contribution in [0.3, 0.4) is 0 Å². The Balaban J connectivity index is 1.23. The van der Waals surface area contributed by atoms with E-state index in [0.717, 1.165) is 30.0 Å². The van der Waals surface area contributed by atoms with Crippen molar-refractivity contribution < 1.29 is 23.6 Å². The molecule has 6 rings (SSSR count). The molecule has 40 heavy (non-hydrogen) atoms. The smallest absolute Gasteiger partial charge is 0.405 e. The molecule has 2 aromatic carbocycles. The van der Waals surface area contributed by atoms with E-state index in [2.05, 4.69) is 15.2 Å². The lowest BCUT2D eigenvalue weighted by Gasteiger charge is -2.39. The molecule has 2 fully saturated rings. The van der Waals surface area contributed by atoms with Crippen molar-refractivity contribution in [1.82, 2.24) is 9.97 Å². The molecule has 0 spiro atoms. The highest BCUT2D eigenvalue weighted by atomic mass is 16.6. The van der Waals surface area contributed by atoms with Gasteiger partial charge in [-0.25, -0.2) is 14.8 Å². The van der Waals surface area contributed by atoms with Crippen LogP contribution in [0.2, 0.25) is 0 Å². The summed E-state index contributed by atoms with van der Waals surface area (Å²) < 4.78 is 16.7. The Labute approximate surface area is 229 Å². The number of nitro groups is 1. The average molecular weight is 545 g/mol. The summed E-state index contributed by atoms with van der Waals surface area (Å²) in [5.41, 5.74) is 8.08. The number of nitro benzene ring substituents is 1. The van der Waals surface area contributed by atoms with Gasteiger partial charge in [-0.05, 0) is 37.3 Å². The summed E-state index contributed by atoms with van der Waals surface area (Å²) in [5.74, 6) is 0.926. The molecule has 0 bridgehead atoms. The Kier molecular flexibility index (Phi) is 6.46. The summed E-state index contributed by atoms with van der Waals surface area (Å²) >= 11 is 0. The van der Waals surface area contributed by atoms with Crippen LogP contribution in [-0.2, 0) is 9.47 Å². The number of rotatable bonds is 7. The van der Waals surface area contributed by atoms with Crippen molar-refractivity contribution in [1.29, 1.82) is 0 Å². The average Bonchev–Trinajstić information content (AvgIpc) is 3.33. The maximum absolute atomic E-state index is 11.5. The number of non-ortho nitro benzene ring substituents is 1. The number of piperidine rings is 1. The van der Waals surface area contributed by atoms with Gasteiger partial charge >= 0.3 is 11.8 Å². The van der Waals surface area contributed by atoms with Gasteiger partial charge in [-0.15, -0.1) is 0 Å². The third-order valence-corrected chi connectivity index (χ3v) is 7.51. The fraction of sp³-hybridized carbons (Fsp3) is 0.321. The van der Waals surface area contributed by atoms with Crippen LogP contribution < -0.4 is 16.0 Å². The van der Waals surface area contributed by atoms with Gasteiger partial charge in [-0.2, -0.15) is 0 Å². The van der Waals surface area contributed by atoms with E-state index in [1.54, 1.807) is 24.4 Å². The molecular weight excluding hydrogens is 516 g/mol. The normalized spacial score (nSPS) is 16.9. The summed E-state index contributed by atoms with van der Waals surface area (Å²) in [5, 5.41) is 15.4. The van der Waals surface area contributed by atoms with Gasteiger partial charge in [0.05, 0.1) is 18.1 Å². The minimum absolute atomic E-state index is 0.0940. The number of benzene rings is 2. The Morgan fingerprint density at radius 2 is 1.95 bits per heavy atom. The van der Waals surface area contributed by atoms with Crippen molar-refractivity contribution in [3.63, 3.8) is 0 Å². The predicted octanol–water partition coefficient (Wildman–Crippen LogP) is 5.11. The van der Waals surface area contributed by atoms with Crippen LogP contribution in [0.1, 0.15) is 31.2 Å². The standard InChI is InChI=1S/C28H28N6O6/c1-28(40-26(29)35)9-11-33(12-10-28)20-7-5-19(6-8-20)31-27-30-14-21(18-15-38-16-18)24(32-27)23-13-17-3-2-4-22(34(36)37)25(17)39-23/h2-8,13-14,18H,9-12,15-16H2,1H3,(H2,29,35)(H,30,31,32). The van der Waals surface area contributed by atoms with E-state index in [9.17, 15) is 14.9 Å². The number of nitrogens with two attached hydrogens (primary N) is 1. The Hall–Kier alpha value is -4.71. The molecule has 2 saturated heterocycles. The number of anilines is 3. The quantitative estimate of drug-likeness (QED) is 0.236.